The van der Waals surface area contributed by atoms with Gasteiger partial charge in [0.2, 0.25) is 0 Å². The van der Waals surface area contributed by atoms with E-state index in [1.807, 2.05) is 18.2 Å². The predicted molar refractivity (Wildman–Crippen MR) is 342 cm³/mol. The molecule has 0 rings (SSSR count). The van der Waals surface area contributed by atoms with Crippen LogP contribution in [0.2, 0.25) is 0 Å². The first kappa shape index (κ1) is 85.8. The molecule has 0 aliphatic carbocycles. The Kier molecular flexibility index (Phi) is 80.0. The van der Waals surface area contributed by atoms with E-state index in [4.69, 9.17) is 44.6 Å². The average Bonchev–Trinajstić information content (AvgIpc) is 3.48. The topological polar surface area (TPSA) is 169 Å². The van der Waals surface area contributed by atoms with Gasteiger partial charge in [-0.1, -0.05) is 239 Å². The lowest BCUT2D eigenvalue weighted by atomic mass is 10.0. The molecule has 0 aromatic carbocycles. The number of aliphatic hydroxyl groups excluding tert-OH is 3. The van der Waals surface area contributed by atoms with Gasteiger partial charge < -0.3 is 29.7 Å². The summed E-state index contributed by atoms with van der Waals surface area (Å²) < 4.78 is 9.14. The zero-order valence-corrected chi connectivity index (χ0v) is 54.4. The summed E-state index contributed by atoms with van der Waals surface area (Å²) >= 11 is 0. The molecule has 82 heavy (non-hydrogen) atoms. The molecule has 0 radical (unpaired) electrons. The van der Waals surface area contributed by atoms with Gasteiger partial charge in [-0.2, -0.15) is 4.89 Å². The van der Waals surface area contributed by atoms with Gasteiger partial charge in [0.15, 0.2) is 0 Å². The standard InChI is InChI=1S/C40H76O6.C13H26O2.C12H22O2.C4H10O3/c1-7-12-15-18-19-20-23-24-29-37(6)44-43-36-38(32-34-41-45-39(27-10-4)30-25-21-16-13-8-2)33-35-42-46-40(28-11-5)31-26-22-17-14-9-3;1-3-4-5-6-7-8-9-10-11-12-13(14)15-2;1-3-4-5-6-7-8-9-10-11-12(13)14-2;5-2-1-4(7)3-6/h10-11,38-40H,4-9,12-36H2,1-3H3;3-12H2,1-2H3;3H,1,4-11H2,2H3;4-7H,1-3H2. The molecule has 0 fully saturated rings. The summed E-state index contributed by atoms with van der Waals surface area (Å²) in [4.78, 5) is 55.8. The Bertz CT molecular complexity index is 1260. The number of rotatable bonds is 61. The third kappa shape index (κ3) is 75.4. The molecular formula is C69H134O13. The first-order valence-corrected chi connectivity index (χ1v) is 33.4. The second-order valence-corrected chi connectivity index (χ2v) is 22.1. The van der Waals surface area contributed by atoms with Crippen LogP contribution in [-0.2, 0) is 48.4 Å². The molecule has 0 saturated heterocycles. The Morgan fingerprint density at radius 1 is 0.439 bits per heavy atom. The van der Waals surface area contributed by atoms with Crippen LogP contribution in [0.3, 0.4) is 0 Å². The molecule has 0 spiro atoms. The van der Waals surface area contributed by atoms with Gasteiger partial charge in [0, 0.05) is 25.9 Å². The highest BCUT2D eigenvalue weighted by molar-refractivity contribution is 5.69. The van der Waals surface area contributed by atoms with Crippen LogP contribution in [0.25, 0.3) is 0 Å². The van der Waals surface area contributed by atoms with Crippen molar-refractivity contribution < 1.29 is 63.7 Å². The molecule has 13 nitrogen and oxygen atoms in total. The van der Waals surface area contributed by atoms with Gasteiger partial charge >= 0.3 is 11.9 Å². The molecule has 0 saturated carbocycles. The van der Waals surface area contributed by atoms with E-state index in [2.05, 4.69) is 63.5 Å². The molecule has 13 heteroatoms. The summed E-state index contributed by atoms with van der Waals surface area (Å²) in [7, 11) is 2.90. The third-order valence-corrected chi connectivity index (χ3v) is 14.2. The van der Waals surface area contributed by atoms with Crippen molar-refractivity contribution in [1.82, 2.24) is 0 Å². The monoisotopic (exact) mass is 1170 g/mol. The largest absolute Gasteiger partial charge is 0.469 e. The zero-order chi connectivity index (χ0) is 61.5. The second kappa shape index (κ2) is 76.4. The van der Waals surface area contributed by atoms with E-state index in [0.29, 0.717) is 38.4 Å². The molecule has 3 unspecified atom stereocenters. The number of ether oxygens (including phenoxy) is 2. The second-order valence-electron chi connectivity index (χ2n) is 22.1. The van der Waals surface area contributed by atoms with Crippen LogP contribution in [0.15, 0.2) is 50.3 Å². The van der Waals surface area contributed by atoms with E-state index in [1.165, 1.54) is 188 Å². The molecule has 0 aliphatic heterocycles. The van der Waals surface area contributed by atoms with Crippen molar-refractivity contribution in [2.24, 2.45) is 5.92 Å². The summed E-state index contributed by atoms with van der Waals surface area (Å²) in [6.07, 6.45) is 55.1. The number of hydrogen-bond donors (Lipinski definition) is 3. The molecular weight excluding hydrogens is 1040 g/mol. The number of esters is 2. The maximum absolute atomic E-state index is 10.8. The molecule has 0 bridgehead atoms. The summed E-state index contributed by atoms with van der Waals surface area (Å²) in [5.41, 5.74) is 0. The van der Waals surface area contributed by atoms with Crippen molar-refractivity contribution in [3.63, 3.8) is 0 Å². The minimum Gasteiger partial charge on any atom is -0.469 e. The molecule has 0 aromatic rings. The molecule has 0 aliphatic rings. The molecule has 0 heterocycles. The Morgan fingerprint density at radius 3 is 1.12 bits per heavy atom. The van der Waals surface area contributed by atoms with Crippen molar-refractivity contribution in [2.75, 3.05) is 47.3 Å². The fourth-order valence-corrected chi connectivity index (χ4v) is 8.76. The minimum atomic E-state index is -0.745. The van der Waals surface area contributed by atoms with Gasteiger partial charge in [-0.3, -0.25) is 9.59 Å². The highest BCUT2D eigenvalue weighted by atomic mass is 17.2. The highest BCUT2D eigenvalue weighted by Crippen LogP contribution is 2.19. The number of aliphatic hydroxyl groups is 3. The Morgan fingerprint density at radius 2 is 0.793 bits per heavy atom. The van der Waals surface area contributed by atoms with Crippen LogP contribution >= 0.6 is 0 Å². The summed E-state index contributed by atoms with van der Waals surface area (Å²) in [6, 6.07) is 0. The lowest BCUT2D eigenvalue weighted by Gasteiger charge is -2.19. The van der Waals surface area contributed by atoms with Crippen molar-refractivity contribution in [3.8, 4) is 0 Å². The van der Waals surface area contributed by atoms with Gasteiger partial charge in [-0.05, 0) is 83.0 Å². The maximum atomic E-state index is 10.8. The van der Waals surface area contributed by atoms with E-state index in [-0.39, 0.29) is 49.7 Å². The van der Waals surface area contributed by atoms with Crippen LogP contribution in [0, 0.1) is 5.92 Å². The van der Waals surface area contributed by atoms with E-state index >= 15 is 0 Å². The molecule has 0 amide bonds. The van der Waals surface area contributed by atoms with Crippen LogP contribution in [0.4, 0.5) is 0 Å². The first-order chi connectivity index (χ1) is 40.0. The average molecular weight is 1170 g/mol. The lowest BCUT2D eigenvalue weighted by Crippen LogP contribution is -2.19. The quantitative estimate of drug-likeness (QED) is 0.0131. The SMILES string of the molecule is C=CCC(CCCCCCC)OOCCC(CCOOC(CC=C)CCCCCCC)COOC(=C)CCCCCCCCCC.C=CCCCCCCCCC(=O)OC.CCCCCCCCCCCC(=O)OC.OCCC(O)CO. The number of carbonyl (C=O) groups excluding carboxylic acids is 2. The zero-order valence-electron chi connectivity index (χ0n) is 54.4. The van der Waals surface area contributed by atoms with Gasteiger partial charge in [0.25, 0.3) is 0 Å². The molecule has 488 valence electrons. The Hall–Kier alpha value is -2.62. The Labute approximate surface area is 505 Å². The predicted octanol–water partition coefficient (Wildman–Crippen LogP) is 19.2. The fourth-order valence-electron chi connectivity index (χ4n) is 8.76. The third-order valence-electron chi connectivity index (χ3n) is 14.2. The summed E-state index contributed by atoms with van der Waals surface area (Å²) in [5, 5.41) is 24.6. The highest BCUT2D eigenvalue weighted by Gasteiger charge is 2.15. The number of unbranched alkanes of at least 4 members (excludes halogenated alkanes) is 29. The summed E-state index contributed by atoms with van der Waals surface area (Å²) in [6.45, 7) is 25.6. The number of methoxy groups -OCH3 is 2. The van der Waals surface area contributed by atoms with Crippen molar-refractivity contribution in [3.05, 3.63) is 50.3 Å². The van der Waals surface area contributed by atoms with E-state index in [1.54, 1.807) is 0 Å². The van der Waals surface area contributed by atoms with Crippen LogP contribution in [-0.4, -0.2) is 92.8 Å². The van der Waals surface area contributed by atoms with Gasteiger partial charge in [0.1, 0.15) is 5.76 Å². The van der Waals surface area contributed by atoms with E-state index in [0.717, 1.165) is 89.9 Å². The number of carbonyl (C=O) groups is 2. The fraction of sp³-hybridized carbons (Fsp3) is 0.855. The van der Waals surface area contributed by atoms with Crippen molar-refractivity contribution in [1.29, 1.82) is 0 Å². The minimum absolute atomic E-state index is 0.0531. The first-order valence-electron chi connectivity index (χ1n) is 33.4. The van der Waals surface area contributed by atoms with Gasteiger partial charge in [-0.25, -0.2) is 19.6 Å². The molecule has 3 atom stereocenters. The van der Waals surface area contributed by atoms with Crippen molar-refractivity contribution in [2.45, 2.75) is 329 Å². The number of hydrogen-bond acceptors (Lipinski definition) is 13. The maximum Gasteiger partial charge on any atom is 0.305 e. The van der Waals surface area contributed by atoms with Crippen LogP contribution in [0.5, 0.6) is 0 Å². The lowest BCUT2D eigenvalue weighted by molar-refractivity contribution is -0.333. The summed E-state index contributed by atoms with van der Waals surface area (Å²) in [5.74, 6) is 0.706. The molecule has 0 aromatic heterocycles. The van der Waals surface area contributed by atoms with Gasteiger partial charge in [0.05, 0.1) is 59.0 Å². The van der Waals surface area contributed by atoms with Gasteiger partial charge in [-0.15, -0.1) is 19.7 Å². The number of allylic oxidation sites excluding steroid dienone is 2. The van der Waals surface area contributed by atoms with E-state index < -0.39 is 6.10 Å². The van der Waals surface area contributed by atoms with Crippen molar-refractivity contribution >= 4 is 11.9 Å². The van der Waals surface area contributed by atoms with Crippen LogP contribution in [0.1, 0.15) is 310 Å². The van der Waals surface area contributed by atoms with Crippen LogP contribution < -0.4 is 0 Å². The smallest absolute Gasteiger partial charge is 0.305 e. The molecule has 3 N–H and O–H groups in total. The Balaban J connectivity index is -0.000000675. The normalized spacial score (nSPS) is 12.3. The van der Waals surface area contributed by atoms with E-state index in [9.17, 15) is 9.59 Å².